The SMILES string of the molecule is C#CCCC(NCC)c1ccc(Br)cc1Cl. The lowest BCUT2D eigenvalue weighted by molar-refractivity contribution is 0.523. The summed E-state index contributed by atoms with van der Waals surface area (Å²) in [6, 6.07) is 6.19. The van der Waals surface area contributed by atoms with Gasteiger partial charge in [0.2, 0.25) is 0 Å². The largest absolute Gasteiger partial charge is 0.310 e. The Morgan fingerprint density at radius 2 is 2.31 bits per heavy atom. The van der Waals surface area contributed by atoms with E-state index in [0.29, 0.717) is 0 Å². The molecule has 0 fully saturated rings. The maximum Gasteiger partial charge on any atom is 0.0465 e. The zero-order valence-electron chi connectivity index (χ0n) is 9.26. The number of rotatable bonds is 5. The maximum atomic E-state index is 6.22. The van der Waals surface area contributed by atoms with Gasteiger partial charge in [0, 0.05) is 22.0 Å². The summed E-state index contributed by atoms with van der Waals surface area (Å²) in [5.41, 5.74) is 1.11. The highest BCUT2D eigenvalue weighted by Gasteiger charge is 2.13. The van der Waals surface area contributed by atoms with Crippen molar-refractivity contribution in [3.8, 4) is 12.3 Å². The molecule has 16 heavy (non-hydrogen) atoms. The second kappa shape index (κ2) is 6.96. The number of terminal acetylenes is 1. The number of benzene rings is 1. The van der Waals surface area contributed by atoms with E-state index < -0.39 is 0 Å². The fourth-order valence-corrected chi connectivity index (χ4v) is 2.43. The van der Waals surface area contributed by atoms with Crippen molar-refractivity contribution >= 4 is 27.5 Å². The molecule has 1 rings (SSSR count). The van der Waals surface area contributed by atoms with Gasteiger partial charge in [-0.25, -0.2) is 0 Å². The minimum atomic E-state index is 0.238. The molecular weight excluding hydrogens is 286 g/mol. The van der Waals surface area contributed by atoms with Crippen LogP contribution in [0, 0.1) is 12.3 Å². The van der Waals surface area contributed by atoms with Crippen molar-refractivity contribution in [1.29, 1.82) is 0 Å². The van der Waals surface area contributed by atoms with Gasteiger partial charge in [0.1, 0.15) is 0 Å². The van der Waals surface area contributed by atoms with Gasteiger partial charge in [-0.1, -0.05) is 40.5 Å². The summed E-state index contributed by atoms with van der Waals surface area (Å²) in [6.45, 7) is 2.98. The van der Waals surface area contributed by atoms with Gasteiger partial charge in [-0.15, -0.1) is 12.3 Å². The number of hydrogen-bond acceptors (Lipinski definition) is 1. The quantitative estimate of drug-likeness (QED) is 0.805. The summed E-state index contributed by atoms with van der Waals surface area (Å²) < 4.78 is 0.994. The summed E-state index contributed by atoms with van der Waals surface area (Å²) >= 11 is 9.62. The van der Waals surface area contributed by atoms with Crippen molar-refractivity contribution in [3.05, 3.63) is 33.3 Å². The molecule has 1 nitrogen and oxygen atoms in total. The van der Waals surface area contributed by atoms with E-state index in [9.17, 15) is 0 Å². The third-order valence-corrected chi connectivity index (χ3v) is 3.19. The Bertz CT molecular complexity index is 384. The number of halogens is 2. The predicted molar refractivity (Wildman–Crippen MR) is 73.6 cm³/mol. The molecule has 1 aromatic rings. The first-order valence-corrected chi connectivity index (χ1v) is 6.48. The minimum absolute atomic E-state index is 0.238. The monoisotopic (exact) mass is 299 g/mol. The summed E-state index contributed by atoms with van der Waals surface area (Å²) in [4.78, 5) is 0. The molecule has 0 spiro atoms. The van der Waals surface area contributed by atoms with E-state index in [-0.39, 0.29) is 6.04 Å². The van der Waals surface area contributed by atoms with Crippen molar-refractivity contribution in [2.75, 3.05) is 6.54 Å². The summed E-state index contributed by atoms with van der Waals surface area (Å²) in [7, 11) is 0. The Balaban J connectivity index is 2.87. The highest BCUT2D eigenvalue weighted by atomic mass is 79.9. The Kier molecular flexibility index (Phi) is 5.90. The Labute approximate surface area is 111 Å². The summed E-state index contributed by atoms with van der Waals surface area (Å²) in [6.07, 6.45) is 6.96. The fourth-order valence-electron chi connectivity index (χ4n) is 1.63. The molecule has 0 aliphatic heterocycles. The van der Waals surface area contributed by atoms with Gasteiger partial charge in [0.15, 0.2) is 0 Å². The van der Waals surface area contributed by atoms with Gasteiger partial charge in [0.05, 0.1) is 0 Å². The van der Waals surface area contributed by atoms with Crippen molar-refractivity contribution in [3.63, 3.8) is 0 Å². The molecule has 1 unspecified atom stereocenters. The summed E-state index contributed by atoms with van der Waals surface area (Å²) in [5, 5.41) is 4.17. The molecular formula is C13H15BrClN. The lowest BCUT2D eigenvalue weighted by Gasteiger charge is -2.18. The van der Waals surface area contributed by atoms with Crippen LogP contribution in [0.15, 0.2) is 22.7 Å². The van der Waals surface area contributed by atoms with Crippen molar-refractivity contribution in [2.45, 2.75) is 25.8 Å². The summed E-state index contributed by atoms with van der Waals surface area (Å²) in [5.74, 6) is 2.66. The van der Waals surface area contributed by atoms with Crippen LogP contribution in [0.25, 0.3) is 0 Å². The average molecular weight is 301 g/mol. The molecule has 0 aliphatic carbocycles. The van der Waals surface area contributed by atoms with Crippen LogP contribution in [-0.2, 0) is 0 Å². The van der Waals surface area contributed by atoms with Gasteiger partial charge in [0.25, 0.3) is 0 Å². The highest BCUT2D eigenvalue weighted by Crippen LogP contribution is 2.28. The number of nitrogens with one attached hydrogen (secondary N) is 1. The van der Waals surface area contributed by atoms with Gasteiger partial charge in [-0.2, -0.15) is 0 Å². The maximum absolute atomic E-state index is 6.22. The van der Waals surface area contributed by atoms with Crippen LogP contribution in [0.5, 0.6) is 0 Å². The molecule has 3 heteroatoms. The first-order chi connectivity index (χ1) is 7.69. The fraction of sp³-hybridized carbons (Fsp3) is 0.385. The topological polar surface area (TPSA) is 12.0 Å². The minimum Gasteiger partial charge on any atom is -0.310 e. The molecule has 1 atom stereocenters. The van der Waals surface area contributed by atoms with Gasteiger partial charge < -0.3 is 5.32 Å². The van der Waals surface area contributed by atoms with E-state index in [2.05, 4.69) is 34.1 Å². The van der Waals surface area contributed by atoms with Crippen LogP contribution >= 0.6 is 27.5 Å². The van der Waals surface area contributed by atoms with Crippen LogP contribution in [0.2, 0.25) is 5.02 Å². The van der Waals surface area contributed by atoms with E-state index in [1.807, 2.05) is 18.2 Å². The van der Waals surface area contributed by atoms with E-state index >= 15 is 0 Å². The molecule has 0 amide bonds. The Hall–Kier alpha value is -0.490. The number of hydrogen-bond donors (Lipinski definition) is 1. The first-order valence-electron chi connectivity index (χ1n) is 5.30. The molecule has 0 bridgehead atoms. The molecule has 86 valence electrons. The predicted octanol–water partition coefficient (Wildman–Crippen LogP) is 4.17. The third kappa shape index (κ3) is 3.83. The average Bonchev–Trinajstić information content (AvgIpc) is 2.25. The van der Waals surface area contributed by atoms with Crippen LogP contribution in [0.4, 0.5) is 0 Å². The van der Waals surface area contributed by atoms with Gasteiger partial charge >= 0.3 is 0 Å². The highest BCUT2D eigenvalue weighted by molar-refractivity contribution is 9.10. The third-order valence-electron chi connectivity index (χ3n) is 2.37. The van der Waals surface area contributed by atoms with Crippen molar-refractivity contribution in [1.82, 2.24) is 5.32 Å². The van der Waals surface area contributed by atoms with Crippen LogP contribution in [0.1, 0.15) is 31.4 Å². The normalized spacial score (nSPS) is 12.1. The second-order valence-corrected chi connectivity index (χ2v) is 4.84. The zero-order valence-corrected chi connectivity index (χ0v) is 11.6. The lowest BCUT2D eigenvalue weighted by Crippen LogP contribution is -2.21. The molecule has 1 aromatic carbocycles. The van der Waals surface area contributed by atoms with E-state index in [1.54, 1.807) is 0 Å². The Morgan fingerprint density at radius 1 is 1.56 bits per heavy atom. The molecule has 0 radical (unpaired) electrons. The first kappa shape index (κ1) is 13.6. The Morgan fingerprint density at radius 3 is 2.88 bits per heavy atom. The molecule has 0 saturated carbocycles. The van der Waals surface area contributed by atoms with Crippen molar-refractivity contribution in [2.24, 2.45) is 0 Å². The van der Waals surface area contributed by atoms with Crippen molar-refractivity contribution < 1.29 is 0 Å². The van der Waals surface area contributed by atoms with Crippen LogP contribution in [-0.4, -0.2) is 6.54 Å². The van der Waals surface area contributed by atoms with Gasteiger partial charge in [-0.05, 0) is 30.7 Å². The van der Waals surface area contributed by atoms with Crippen LogP contribution in [0.3, 0.4) is 0 Å². The molecule has 0 aromatic heterocycles. The molecule has 0 heterocycles. The molecule has 0 saturated heterocycles. The van der Waals surface area contributed by atoms with Crippen LogP contribution < -0.4 is 5.32 Å². The second-order valence-electron chi connectivity index (χ2n) is 3.52. The lowest BCUT2D eigenvalue weighted by atomic mass is 10.0. The molecule has 0 aliphatic rings. The van der Waals surface area contributed by atoms with E-state index in [1.165, 1.54) is 0 Å². The van der Waals surface area contributed by atoms with E-state index in [0.717, 1.165) is 34.4 Å². The standard InChI is InChI=1S/C13H15BrClN/c1-3-5-6-13(16-4-2)11-8-7-10(14)9-12(11)15/h1,7-9,13,16H,4-6H2,2H3. The van der Waals surface area contributed by atoms with E-state index in [4.69, 9.17) is 18.0 Å². The zero-order chi connectivity index (χ0) is 12.0. The molecule has 1 N–H and O–H groups in total. The smallest absolute Gasteiger partial charge is 0.0465 e. The van der Waals surface area contributed by atoms with Gasteiger partial charge in [-0.3, -0.25) is 0 Å².